The Bertz CT molecular complexity index is 928. The van der Waals surface area contributed by atoms with Gasteiger partial charge in [-0.1, -0.05) is 69.5 Å². The van der Waals surface area contributed by atoms with E-state index >= 15 is 0 Å². The molecule has 0 aliphatic heterocycles. The van der Waals surface area contributed by atoms with Crippen molar-refractivity contribution >= 4 is 5.91 Å². The molecule has 0 unspecified atom stereocenters. The van der Waals surface area contributed by atoms with Crippen LogP contribution in [0.25, 0.3) is 11.4 Å². The number of hydrogen-bond donors (Lipinski definition) is 0. The van der Waals surface area contributed by atoms with E-state index in [1.165, 1.54) is 48.6 Å². The fourth-order valence-corrected chi connectivity index (χ4v) is 3.29. The Morgan fingerprint density at radius 2 is 1.62 bits per heavy atom. The summed E-state index contributed by atoms with van der Waals surface area (Å²) in [5.41, 5.74) is 3.90. The van der Waals surface area contributed by atoms with Gasteiger partial charge in [-0.25, -0.2) is 0 Å². The average Bonchev–Trinajstić information content (AvgIpc) is 3.21. The molecule has 0 spiro atoms. The molecular formula is C24H29N3O2. The largest absolute Gasteiger partial charge is 0.466 e. The molecule has 2 aromatic carbocycles. The molecule has 0 saturated heterocycles. The maximum Gasteiger partial charge on any atom is 0.336 e. The van der Waals surface area contributed by atoms with Crippen LogP contribution in [0.3, 0.4) is 0 Å². The highest BCUT2D eigenvalue weighted by molar-refractivity contribution is 5.97. The van der Waals surface area contributed by atoms with Crippen LogP contribution in [0.15, 0.2) is 48.5 Å². The first-order valence-electron chi connectivity index (χ1n) is 10.4. The predicted molar refractivity (Wildman–Crippen MR) is 115 cm³/mol. The summed E-state index contributed by atoms with van der Waals surface area (Å²) < 4.78 is 6.51. The molecule has 1 aromatic heterocycles. The zero-order valence-corrected chi connectivity index (χ0v) is 17.5. The summed E-state index contributed by atoms with van der Waals surface area (Å²) in [5, 5.41) is 4.25. The minimum absolute atomic E-state index is 0.181. The van der Waals surface area contributed by atoms with E-state index in [4.69, 9.17) is 4.74 Å². The Balaban J connectivity index is 1.82. The van der Waals surface area contributed by atoms with Crippen LogP contribution in [0.1, 0.15) is 61.0 Å². The molecule has 0 atom stereocenters. The zero-order valence-electron chi connectivity index (χ0n) is 17.5. The molecule has 0 radical (unpaired) electrons. The fourth-order valence-electron chi connectivity index (χ4n) is 3.29. The fraction of sp³-hybridized carbons (Fsp3) is 0.375. The lowest BCUT2D eigenvalue weighted by molar-refractivity contribution is 0.0945. The molecule has 0 aliphatic rings. The van der Waals surface area contributed by atoms with Crippen LogP contribution in [-0.4, -0.2) is 27.8 Å². The van der Waals surface area contributed by atoms with Gasteiger partial charge in [0.15, 0.2) is 5.82 Å². The molecular weight excluding hydrogens is 362 g/mol. The molecule has 0 N–H and O–H groups in total. The first kappa shape index (κ1) is 20.8. The van der Waals surface area contributed by atoms with Gasteiger partial charge in [0.1, 0.15) is 0 Å². The summed E-state index contributed by atoms with van der Waals surface area (Å²) in [6.45, 7) is 4.32. The van der Waals surface area contributed by atoms with Crippen LogP contribution in [0.5, 0.6) is 6.01 Å². The highest BCUT2D eigenvalue weighted by atomic mass is 16.5. The van der Waals surface area contributed by atoms with Gasteiger partial charge in [-0.05, 0) is 42.5 Å². The van der Waals surface area contributed by atoms with Gasteiger partial charge in [0.25, 0.3) is 5.91 Å². The van der Waals surface area contributed by atoms with Crippen molar-refractivity contribution in [3.63, 3.8) is 0 Å². The molecule has 5 nitrogen and oxygen atoms in total. The number of aromatic nitrogens is 3. The lowest BCUT2D eigenvalue weighted by Crippen LogP contribution is -2.15. The van der Waals surface area contributed by atoms with E-state index in [1.807, 2.05) is 48.5 Å². The van der Waals surface area contributed by atoms with Crippen molar-refractivity contribution < 1.29 is 9.53 Å². The second-order valence-corrected chi connectivity index (χ2v) is 7.20. The Morgan fingerprint density at radius 3 is 2.24 bits per heavy atom. The highest BCUT2D eigenvalue weighted by Crippen LogP contribution is 2.22. The normalized spacial score (nSPS) is 10.9. The molecule has 0 fully saturated rings. The maximum absolute atomic E-state index is 13.1. The van der Waals surface area contributed by atoms with Gasteiger partial charge in [-0.15, -0.1) is 5.10 Å². The van der Waals surface area contributed by atoms with Crippen LogP contribution < -0.4 is 4.74 Å². The first-order chi connectivity index (χ1) is 14.2. The Kier molecular flexibility index (Phi) is 7.17. The van der Waals surface area contributed by atoms with Gasteiger partial charge in [-0.2, -0.15) is 9.67 Å². The van der Waals surface area contributed by atoms with Crippen LogP contribution in [-0.2, 0) is 12.8 Å². The second kappa shape index (κ2) is 10.0. The van der Waals surface area contributed by atoms with Crippen molar-refractivity contribution in [3.05, 3.63) is 65.2 Å². The number of ether oxygens (including phenoxy) is 1. The number of benzene rings is 2. The third-order valence-electron chi connectivity index (χ3n) is 5.10. The Morgan fingerprint density at radius 1 is 0.931 bits per heavy atom. The van der Waals surface area contributed by atoms with Gasteiger partial charge in [0, 0.05) is 11.1 Å². The minimum atomic E-state index is -0.215. The average molecular weight is 392 g/mol. The van der Waals surface area contributed by atoms with Crippen LogP contribution >= 0.6 is 0 Å². The van der Waals surface area contributed by atoms with Gasteiger partial charge in [-0.3, -0.25) is 4.79 Å². The van der Waals surface area contributed by atoms with E-state index in [1.54, 1.807) is 0 Å². The molecule has 152 valence electrons. The molecule has 0 bridgehead atoms. The summed E-state index contributed by atoms with van der Waals surface area (Å²) in [6, 6.07) is 16.0. The molecule has 3 aromatic rings. The second-order valence-electron chi connectivity index (χ2n) is 7.20. The van der Waals surface area contributed by atoms with Crippen molar-refractivity contribution in [1.82, 2.24) is 14.8 Å². The number of rotatable bonds is 9. The number of nitrogens with zero attached hydrogens (tertiary/aromatic N) is 3. The number of carbonyl (C=O) groups is 1. The van der Waals surface area contributed by atoms with E-state index in [2.05, 4.69) is 23.9 Å². The standard InChI is InChI=1S/C24H29N3O2/c1-4-6-7-8-9-19-12-16-21(17-13-19)23(28)27-22(25-24(26-27)29-3)20-14-10-18(5-2)11-15-20/h10-17H,4-9H2,1-3H3. The zero-order chi connectivity index (χ0) is 20.6. The summed E-state index contributed by atoms with van der Waals surface area (Å²) in [7, 11) is 1.50. The summed E-state index contributed by atoms with van der Waals surface area (Å²) >= 11 is 0. The summed E-state index contributed by atoms with van der Waals surface area (Å²) in [6.07, 6.45) is 6.93. The SMILES string of the molecule is CCCCCCc1ccc(C(=O)n2nc(OC)nc2-c2ccc(CC)cc2)cc1. The van der Waals surface area contributed by atoms with Crippen molar-refractivity contribution in [2.75, 3.05) is 7.11 Å². The van der Waals surface area contributed by atoms with Gasteiger partial charge in [0.05, 0.1) is 7.11 Å². The summed E-state index contributed by atoms with van der Waals surface area (Å²) in [4.78, 5) is 17.5. The van der Waals surface area contributed by atoms with Crippen molar-refractivity contribution in [1.29, 1.82) is 0 Å². The number of methoxy groups -OCH3 is 1. The van der Waals surface area contributed by atoms with E-state index in [-0.39, 0.29) is 11.9 Å². The van der Waals surface area contributed by atoms with Gasteiger partial charge in [0.2, 0.25) is 0 Å². The van der Waals surface area contributed by atoms with Crippen LogP contribution in [0.4, 0.5) is 0 Å². The monoisotopic (exact) mass is 391 g/mol. The molecule has 0 amide bonds. The van der Waals surface area contributed by atoms with E-state index in [0.29, 0.717) is 11.4 Å². The lowest BCUT2D eigenvalue weighted by atomic mass is 10.0. The smallest absolute Gasteiger partial charge is 0.336 e. The molecule has 3 rings (SSSR count). The number of hydrogen-bond acceptors (Lipinski definition) is 4. The number of unbranched alkanes of at least 4 members (excludes halogenated alkanes) is 3. The van der Waals surface area contributed by atoms with Crippen molar-refractivity contribution in [2.45, 2.75) is 52.4 Å². The Labute approximate surface area is 172 Å². The van der Waals surface area contributed by atoms with E-state index in [9.17, 15) is 4.79 Å². The van der Waals surface area contributed by atoms with Gasteiger partial charge >= 0.3 is 6.01 Å². The molecule has 5 heteroatoms. The maximum atomic E-state index is 13.1. The quantitative estimate of drug-likeness (QED) is 0.463. The summed E-state index contributed by atoms with van der Waals surface area (Å²) in [5.74, 6) is 0.269. The lowest BCUT2D eigenvalue weighted by Gasteiger charge is -2.07. The molecule has 0 aliphatic carbocycles. The highest BCUT2D eigenvalue weighted by Gasteiger charge is 2.19. The Hall–Kier alpha value is -2.95. The predicted octanol–water partition coefficient (Wildman–Crippen LogP) is 5.33. The third kappa shape index (κ3) is 5.11. The molecule has 29 heavy (non-hydrogen) atoms. The first-order valence-corrected chi connectivity index (χ1v) is 10.4. The number of carbonyl (C=O) groups excluding carboxylic acids is 1. The van der Waals surface area contributed by atoms with Crippen molar-refractivity contribution in [3.8, 4) is 17.4 Å². The van der Waals surface area contributed by atoms with Gasteiger partial charge < -0.3 is 4.74 Å². The third-order valence-corrected chi connectivity index (χ3v) is 5.10. The molecule has 0 saturated carbocycles. The van der Waals surface area contributed by atoms with Crippen LogP contribution in [0, 0.1) is 0 Å². The molecule has 1 heterocycles. The topological polar surface area (TPSA) is 57.0 Å². The van der Waals surface area contributed by atoms with Crippen LogP contribution in [0.2, 0.25) is 0 Å². The van der Waals surface area contributed by atoms with E-state index < -0.39 is 0 Å². The minimum Gasteiger partial charge on any atom is -0.466 e. The van der Waals surface area contributed by atoms with E-state index in [0.717, 1.165) is 18.4 Å². The van der Waals surface area contributed by atoms with Crippen molar-refractivity contribution in [2.24, 2.45) is 0 Å². The number of aryl methyl sites for hydroxylation is 2.